The summed E-state index contributed by atoms with van der Waals surface area (Å²) in [5.74, 6) is 0.608. The number of nitrogens with zero attached hydrogens (tertiary/aromatic N) is 1. The van der Waals surface area contributed by atoms with Crippen LogP contribution in [0.2, 0.25) is 0 Å². The lowest BCUT2D eigenvalue weighted by Crippen LogP contribution is -2.48. The highest BCUT2D eigenvalue weighted by atomic mass is 16.5. The number of benzene rings is 4. The van der Waals surface area contributed by atoms with Gasteiger partial charge in [0.15, 0.2) is 0 Å². The van der Waals surface area contributed by atoms with Crippen molar-refractivity contribution in [2.45, 2.75) is 111 Å². The van der Waals surface area contributed by atoms with Crippen LogP contribution in [0, 0.1) is 0 Å². The maximum Gasteiger partial charge on any atom is 0.262 e. The average molecular weight is 675 g/mol. The third kappa shape index (κ3) is 7.85. The summed E-state index contributed by atoms with van der Waals surface area (Å²) in [5.41, 5.74) is 10.6. The quantitative estimate of drug-likeness (QED) is 0.170. The number of fused-ring (bicyclic) bond motifs is 1. The minimum Gasteiger partial charge on any atom is -0.457 e. The Morgan fingerprint density at radius 1 is 0.660 bits per heavy atom. The van der Waals surface area contributed by atoms with Gasteiger partial charge in [0, 0.05) is 5.56 Å². The summed E-state index contributed by atoms with van der Waals surface area (Å²) < 4.78 is 6.04. The van der Waals surface area contributed by atoms with Crippen LogP contribution in [0.3, 0.4) is 0 Å². The third-order valence-corrected chi connectivity index (χ3v) is 10.4. The van der Waals surface area contributed by atoms with Crippen LogP contribution < -0.4 is 10.5 Å². The molecule has 0 saturated heterocycles. The number of imide groups is 1. The Labute approximate surface area is 299 Å². The fourth-order valence-electron chi connectivity index (χ4n) is 6.40. The monoisotopic (exact) mass is 674 g/mol. The molecule has 0 atom stereocenters. The largest absolute Gasteiger partial charge is 0.457 e. The lowest BCUT2D eigenvalue weighted by Gasteiger charge is -2.40. The summed E-state index contributed by atoms with van der Waals surface area (Å²) in [5, 5.41) is 0. The molecule has 0 bridgehead atoms. The van der Waals surface area contributed by atoms with Gasteiger partial charge in [-0.05, 0) is 101 Å². The second kappa shape index (κ2) is 15.0. The van der Waals surface area contributed by atoms with E-state index in [0.29, 0.717) is 29.9 Å². The highest BCUT2D eigenvalue weighted by molar-refractivity contribution is 6.22. The van der Waals surface area contributed by atoms with E-state index >= 15 is 0 Å². The lowest BCUT2D eigenvalue weighted by atomic mass is 9.81. The first-order valence-electron chi connectivity index (χ1n) is 17.8. The Morgan fingerprint density at radius 3 is 1.58 bits per heavy atom. The second-order valence-corrected chi connectivity index (χ2v) is 15.2. The lowest BCUT2D eigenvalue weighted by molar-refractivity contribution is 0.0387. The first kappa shape index (κ1) is 38.1. The number of hydrogen-bond donors (Lipinski definition) is 1. The summed E-state index contributed by atoms with van der Waals surface area (Å²) in [6.07, 6.45) is 2.26. The first-order chi connectivity index (χ1) is 23.5. The number of nitrogens with two attached hydrogens (primary N) is 1. The average Bonchev–Trinajstić information content (AvgIpc) is 3.35. The predicted octanol–water partition coefficient (Wildman–Crippen LogP) is 10.7. The van der Waals surface area contributed by atoms with Gasteiger partial charge >= 0.3 is 0 Å². The van der Waals surface area contributed by atoms with Crippen LogP contribution in [-0.4, -0.2) is 22.6 Å². The molecule has 50 heavy (non-hydrogen) atoms. The zero-order chi connectivity index (χ0) is 37.0. The van der Waals surface area contributed by atoms with Gasteiger partial charge in [0.05, 0.1) is 16.7 Å². The SMILES string of the molecule is CCC(C)(C)c1ccc(C(C)C)cc1.CCC(CC)(c1ccc(Oc2ccc(C(C)(C)C)cc2)cc1)N1C(=O)c2ccc(C(N)=O)cc2C1=O. The number of carbonyl (C=O) groups is 3. The molecule has 0 fully saturated rings. The molecular formula is C44H54N2O4. The molecule has 1 heterocycles. The van der Waals surface area contributed by atoms with Crippen molar-refractivity contribution in [2.75, 3.05) is 0 Å². The number of primary amides is 1. The normalized spacial score (nSPS) is 13.2. The molecule has 4 aromatic carbocycles. The predicted molar refractivity (Wildman–Crippen MR) is 203 cm³/mol. The van der Waals surface area contributed by atoms with Gasteiger partial charge in [0.2, 0.25) is 5.91 Å². The Bertz CT molecular complexity index is 1810. The van der Waals surface area contributed by atoms with Crippen molar-refractivity contribution in [1.29, 1.82) is 0 Å². The van der Waals surface area contributed by atoms with Crippen molar-refractivity contribution in [3.63, 3.8) is 0 Å². The molecule has 3 amide bonds. The number of carbonyl (C=O) groups excluding carboxylic acids is 3. The van der Waals surface area contributed by atoms with Crippen LogP contribution >= 0.6 is 0 Å². The molecule has 5 rings (SSSR count). The molecule has 0 aliphatic carbocycles. The van der Waals surface area contributed by atoms with Gasteiger partial charge in [0.1, 0.15) is 11.5 Å². The van der Waals surface area contributed by atoms with Crippen molar-refractivity contribution < 1.29 is 19.1 Å². The minimum atomic E-state index is -0.840. The van der Waals surface area contributed by atoms with Crippen molar-refractivity contribution in [2.24, 2.45) is 5.73 Å². The minimum absolute atomic E-state index is 0.0648. The van der Waals surface area contributed by atoms with E-state index in [9.17, 15) is 14.4 Å². The van der Waals surface area contributed by atoms with Crippen LogP contribution in [0.4, 0.5) is 0 Å². The van der Waals surface area contributed by atoms with E-state index in [4.69, 9.17) is 10.5 Å². The van der Waals surface area contributed by atoms with Crippen molar-refractivity contribution >= 4 is 17.7 Å². The van der Waals surface area contributed by atoms with Crippen molar-refractivity contribution in [1.82, 2.24) is 4.90 Å². The van der Waals surface area contributed by atoms with Gasteiger partial charge < -0.3 is 10.5 Å². The molecule has 264 valence electrons. The number of rotatable bonds is 10. The molecule has 6 nitrogen and oxygen atoms in total. The fraction of sp³-hybridized carbons (Fsp3) is 0.386. The molecular weight excluding hydrogens is 620 g/mol. The number of hydrogen-bond acceptors (Lipinski definition) is 4. The van der Waals surface area contributed by atoms with Crippen molar-refractivity contribution in [3.8, 4) is 11.5 Å². The molecule has 0 unspecified atom stereocenters. The van der Waals surface area contributed by atoms with Crippen LogP contribution in [0.15, 0.2) is 91.0 Å². The summed E-state index contributed by atoms with van der Waals surface area (Å²) in [7, 11) is 0. The van der Waals surface area contributed by atoms with Gasteiger partial charge in [-0.1, -0.05) is 118 Å². The standard InChI is InChI=1S/C30H32N2O4.C14H22/c1-6-30(7-2,32-27(34)24-17-8-19(26(31)33)18-25(24)28(32)35)21-11-15-23(16-12-21)36-22-13-9-20(10-14-22)29(3,4)5;1-6-14(4,5)13-9-7-12(8-10-13)11(2)3/h8-18H,6-7H2,1-5H3,(H2,31,33);7-11H,6H2,1-5H3. The first-order valence-corrected chi connectivity index (χ1v) is 17.8. The maximum atomic E-state index is 13.5. The molecule has 0 radical (unpaired) electrons. The highest BCUT2D eigenvalue weighted by Gasteiger charge is 2.48. The highest BCUT2D eigenvalue weighted by Crippen LogP contribution is 2.42. The molecule has 0 spiro atoms. The van der Waals surface area contributed by atoms with Crippen LogP contribution in [0.25, 0.3) is 0 Å². The summed E-state index contributed by atoms with van der Waals surface area (Å²) >= 11 is 0. The van der Waals surface area contributed by atoms with Gasteiger partial charge in [-0.3, -0.25) is 19.3 Å². The molecule has 1 aliphatic heterocycles. The fourth-order valence-corrected chi connectivity index (χ4v) is 6.40. The smallest absolute Gasteiger partial charge is 0.262 e. The molecule has 4 aromatic rings. The molecule has 6 heteroatoms. The zero-order valence-corrected chi connectivity index (χ0v) is 31.5. The van der Waals surface area contributed by atoms with Crippen molar-refractivity contribution in [3.05, 3.63) is 130 Å². The Kier molecular flexibility index (Phi) is 11.5. The van der Waals surface area contributed by atoms with Gasteiger partial charge in [-0.15, -0.1) is 0 Å². The third-order valence-electron chi connectivity index (χ3n) is 10.4. The van der Waals surface area contributed by atoms with Crippen LogP contribution in [-0.2, 0) is 16.4 Å². The number of amides is 3. The van der Waals surface area contributed by atoms with Gasteiger partial charge in [0.25, 0.3) is 11.8 Å². The van der Waals surface area contributed by atoms with Gasteiger partial charge in [-0.2, -0.15) is 0 Å². The molecule has 2 N–H and O–H groups in total. The van der Waals surface area contributed by atoms with E-state index < -0.39 is 17.4 Å². The van der Waals surface area contributed by atoms with Crippen LogP contribution in [0.1, 0.15) is 148 Å². The van der Waals surface area contributed by atoms with E-state index in [2.05, 4.69) is 91.8 Å². The van der Waals surface area contributed by atoms with E-state index in [1.807, 2.05) is 50.2 Å². The van der Waals surface area contributed by atoms with E-state index in [1.54, 1.807) is 0 Å². The van der Waals surface area contributed by atoms with E-state index in [1.165, 1.54) is 46.2 Å². The zero-order valence-electron chi connectivity index (χ0n) is 31.5. The summed E-state index contributed by atoms with van der Waals surface area (Å²) in [4.78, 5) is 39.8. The molecule has 0 aromatic heterocycles. The Balaban J connectivity index is 0.000000337. The summed E-state index contributed by atoms with van der Waals surface area (Å²) in [6.45, 7) is 21.7. The van der Waals surface area contributed by atoms with E-state index in [-0.39, 0.29) is 28.0 Å². The molecule has 0 saturated carbocycles. The summed E-state index contributed by atoms with van der Waals surface area (Å²) in [6, 6.07) is 29.0. The van der Waals surface area contributed by atoms with E-state index in [0.717, 1.165) is 11.3 Å². The maximum absolute atomic E-state index is 13.5. The number of ether oxygens (including phenoxy) is 1. The second-order valence-electron chi connectivity index (χ2n) is 15.2. The Hall–Kier alpha value is -4.71. The topological polar surface area (TPSA) is 89.7 Å². The van der Waals surface area contributed by atoms with Crippen LogP contribution in [0.5, 0.6) is 11.5 Å². The van der Waals surface area contributed by atoms with Gasteiger partial charge in [-0.25, -0.2) is 0 Å². The molecule has 1 aliphatic rings. The Morgan fingerprint density at radius 2 is 1.14 bits per heavy atom.